The van der Waals surface area contributed by atoms with E-state index >= 15 is 0 Å². The fourth-order valence-electron chi connectivity index (χ4n) is 2.30. The summed E-state index contributed by atoms with van der Waals surface area (Å²) in [5.74, 6) is 3.65. The normalized spacial score (nSPS) is 13.1. The molecule has 2 aromatic rings. The van der Waals surface area contributed by atoms with E-state index in [4.69, 9.17) is 4.42 Å². The van der Waals surface area contributed by atoms with Crippen LogP contribution in [-0.4, -0.2) is 34.6 Å². The van der Waals surface area contributed by atoms with Crippen molar-refractivity contribution in [3.63, 3.8) is 0 Å². The second-order valence-electron chi connectivity index (χ2n) is 5.61. The van der Waals surface area contributed by atoms with Crippen molar-refractivity contribution < 1.29 is 4.42 Å². The molecule has 0 amide bonds. The van der Waals surface area contributed by atoms with Crippen molar-refractivity contribution in [2.45, 2.75) is 39.7 Å². The first-order valence-electron chi connectivity index (χ1n) is 7.29. The summed E-state index contributed by atoms with van der Waals surface area (Å²) in [6.07, 6.45) is 5.01. The molecule has 1 atom stereocenters. The lowest BCUT2D eigenvalue weighted by molar-refractivity contribution is 0.298. The third-order valence-electron chi connectivity index (χ3n) is 3.84. The van der Waals surface area contributed by atoms with E-state index < -0.39 is 0 Å². The third-order valence-corrected chi connectivity index (χ3v) is 3.84. The van der Waals surface area contributed by atoms with E-state index in [9.17, 15) is 0 Å². The Bertz CT molecular complexity index is 529. The van der Waals surface area contributed by atoms with E-state index in [2.05, 4.69) is 34.5 Å². The Balaban J connectivity index is 1.72. The molecular formula is C16H25N3O. The van der Waals surface area contributed by atoms with Crippen LogP contribution in [0, 0.1) is 13.8 Å². The van der Waals surface area contributed by atoms with E-state index in [0.717, 1.165) is 43.4 Å². The minimum absolute atomic E-state index is 0.473. The molecule has 2 aromatic heterocycles. The van der Waals surface area contributed by atoms with Crippen LogP contribution in [0.5, 0.6) is 0 Å². The van der Waals surface area contributed by atoms with Crippen molar-refractivity contribution in [1.29, 1.82) is 0 Å². The van der Waals surface area contributed by atoms with Gasteiger partial charge in [-0.2, -0.15) is 0 Å². The van der Waals surface area contributed by atoms with Crippen molar-refractivity contribution in [3.8, 4) is 0 Å². The molecule has 110 valence electrons. The Morgan fingerprint density at radius 3 is 2.70 bits per heavy atom. The lowest BCUT2D eigenvalue weighted by atomic mass is 10.1. The molecule has 0 aliphatic heterocycles. The lowest BCUT2D eigenvalue weighted by Crippen LogP contribution is -2.25. The molecule has 0 saturated carbocycles. The molecule has 4 heteroatoms. The zero-order valence-corrected chi connectivity index (χ0v) is 13.0. The maximum atomic E-state index is 5.68. The molecule has 0 N–H and O–H groups in total. The number of furan rings is 1. The molecule has 20 heavy (non-hydrogen) atoms. The molecule has 1 unspecified atom stereocenters. The van der Waals surface area contributed by atoms with Gasteiger partial charge < -0.3 is 13.9 Å². The van der Waals surface area contributed by atoms with Crippen LogP contribution in [0.3, 0.4) is 0 Å². The SMILES string of the molecule is Cc1ccc(C(C)CCN(C)CCn2ccnc2C)o1. The molecule has 2 heterocycles. The first-order chi connectivity index (χ1) is 9.56. The van der Waals surface area contributed by atoms with E-state index in [1.165, 1.54) is 0 Å². The predicted octanol–water partition coefficient (Wildman–Crippen LogP) is 3.22. The molecule has 0 fully saturated rings. The zero-order chi connectivity index (χ0) is 14.5. The second-order valence-corrected chi connectivity index (χ2v) is 5.61. The van der Waals surface area contributed by atoms with E-state index in [1.54, 1.807) is 0 Å². The van der Waals surface area contributed by atoms with Crippen LogP contribution in [0.1, 0.15) is 36.6 Å². The zero-order valence-electron chi connectivity index (χ0n) is 13.0. The summed E-state index contributed by atoms with van der Waals surface area (Å²) >= 11 is 0. The Morgan fingerprint density at radius 2 is 2.10 bits per heavy atom. The molecule has 4 nitrogen and oxygen atoms in total. The molecular weight excluding hydrogens is 250 g/mol. The fourth-order valence-corrected chi connectivity index (χ4v) is 2.30. The summed E-state index contributed by atoms with van der Waals surface area (Å²) in [5.41, 5.74) is 0. The topological polar surface area (TPSA) is 34.2 Å². The summed E-state index contributed by atoms with van der Waals surface area (Å²) in [5, 5.41) is 0. The number of hydrogen-bond donors (Lipinski definition) is 0. The van der Waals surface area contributed by atoms with Crippen LogP contribution in [0.25, 0.3) is 0 Å². The molecule has 0 aliphatic carbocycles. The highest BCUT2D eigenvalue weighted by atomic mass is 16.3. The van der Waals surface area contributed by atoms with Gasteiger partial charge in [-0.25, -0.2) is 4.98 Å². The van der Waals surface area contributed by atoms with Crippen molar-refractivity contribution in [3.05, 3.63) is 41.9 Å². The fraction of sp³-hybridized carbons (Fsp3) is 0.562. The summed E-state index contributed by atoms with van der Waals surface area (Å²) in [7, 11) is 2.17. The van der Waals surface area contributed by atoms with Crippen LogP contribution in [0.4, 0.5) is 0 Å². The summed E-state index contributed by atoms with van der Waals surface area (Å²) in [6, 6.07) is 4.13. The number of hydrogen-bond acceptors (Lipinski definition) is 3. The first-order valence-corrected chi connectivity index (χ1v) is 7.29. The minimum atomic E-state index is 0.473. The van der Waals surface area contributed by atoms with Gasteiger partial charge in [-0.15, -0.1) is 0 Å². The number of likely N-dealkylation sites (N-methyl/N-ethyl adjacent to an activating group) is 1. The van der Waals surface area contributed by atoms with Crippen molar-refractivity contribution in [1.82, 2.24) is 14.5 Å². The molecule has 0 spiro atoms. The Kier molecular flexibility index (Phi) is 5.01. The largest absolute Gasteiger partial charge is 0.466 e. The Morgan fingerprint density at radius 1 is 1.30 bits per heavy atom. The minimum Gasteiger partial charge on any atom is -0.466 e. The van der Waals surface area contributed by atoms with Gasteiger partial charge in [0.1, 0.15) is 17.3 Å². The van der Waals surface area contributed by atoms with Crippen molar-refractivity contribution >= 4 is 0 Å². The van der Waals surface area contributed by atoms with E-state index in [-0.39, 0.29) is 0 Å². The van der Waals surface area contributed by atoms with Crippen LogP contribution in [-0.2, 0) is 6.54 Å². The van der Waals surface area contributed by atoms with Gasteiger partial charge in [-0.1, -0.05) is 6.92 Å². The van der Waals surface area contributed by atoms with Crippen molar-refractivity contribution in [2.24, 2.45) is 0 Å². The van der Waals surface area contributed by atoms with Crippen LogP contribution < -0.4 is 0 Å². The highest BCUT2D eigenvalue weighted by Gasteiger charge is 2.10. The number of rotatable bonds is 7. The smallest absolute Gasteiger partial charge is 0.107 e. The van der Waals surface area contributed by atoms with Gasteiger partial charge in [0, 0.05) is 31.4 Å². The van der Waals surface area contributed by atoms with Gasteiger partial charge in [-0.05, 0) is 46.0 Å². The average molecular weight is 275 g/mol. The van der Waals surface area contributed by atoms with Crippen LogP contribution >= 0.6 is 0 Å². The molecule has 2 rings (SSSR count). The molecule has 0 aromatic carbocycles. The maximum Gasteiger partial charge on any atom is 0.107 e. The van der Waals surface area contributed by atoms with E-state index in [0.29, 0.717) is 5.92 Å². The molecule has 0 saturated heterocycles. The van der Waals surface area contributed by atoms with E-state index in [1.807, 2.05) is 32.3 Å². The van der Waals surface area contributed by atoms with Crippen LogP contribution in [0.2, 0.25) is 0 Å². The van der Waals surface area contributed by atoms with Gasteiger partial charge >= 0.3 is 0 Å². The third kappa shape index (κ3) is 3.97. The molecule has 0 radical (unpaired) electrons. The summed E-state index contributed by atoms with van der Waals surface area (Å²) < 4.78 is 7.87. The summed E-state index contributed by atoms with van der Waals surface area (Å²) in [6.45, 7) is 9.38. The Hall–Kier alpha value is -1.55. The average Bonchev–Trinajstić information content (AvgIpc) is 3.02. The number of nitrogens with zero attached hydrogens (tertiary/aromatic N) is 3. The summed E-state index contributed by atoms with van der Waals surface area (Å²) in [4.78, 5) is 6.61. The lowest BCUT2D eigenvalue weighted by Gasteiger charge is -2.19. The number of imidazole rings is 1. The standard InChI is InChI=1S/C16H25N3O/c1-13(16-6-5-14(2)20-16)7-9-18(4)11-12-19-10-8-17-15(19)3/h5-6,8,10,13H,7,9,11-12H2,1-4H3. The second kappa shape index (κ2) is 6.75. The molecule has 0 bridgehead atoms. The highest BCUT2D eigenvalue weighted by Crippen LogP contribution is 2.21. The maximum absolute atomic E-state index is 5.68. The monoisotopic (exact) mass is 275 g/mol. The van der Waals surface area contributed by atoms with Gasteiger partial charge in [-0.3, -0.25) is 0 Å². The van der Waals surface area contributed by atoms with Crippen LogP contribution in [0.15, 0.2) is 28.9 Å². The van der Waals surface area contributed by atoms with Crippen molar-refractivity contribution in [2.75, 3.05) is 20.1 Å². The molecule has 0 aliphatic rings. The predicted molar refractivity (Wildman–Crippen MR) is 80.9 cm³/mol. The first kappa shape index (κ1) is 14.9. The van der Waals surface area contributed by atoms with Gasteiger partial charge in [0.05, 0.1) is 0 Å². The van der Waals surface area contributed by atoms with Gasteiger partial charge in [0.15, 0.2) is 0 Å². The van der Waals surface area contributed by atoms with Gasteiger partial charge in [0.25, 0.3) is 0 Å². The quantitative estimate of drug-likeness (QED) is 0.778. The Labute approximate surface area is 121 Å². The number of aryl methyl sites for hydroxylation is 2. The van der Waals surface area contributed by atoms with Gasteiger partial charge in [0.2, 0.25) is 0 Å². The number of aromatic nitrogens is 2. The highest BCUT2D eigenvalue weighted by molar-refractivity contribution is 5.09.